The van der Waals surface area contributed by atoms with Crippen LogP contribution < -0.4 is 9.47 Å². The fraction of sp³-hybridized carbons (Fsp3) is 0.294. The van der Waals surface area contributed by atoms with Gasteiger partial charge >= 0.3 is 0 Å². The van der Waals surface area contributed by atoms with Crippen molar-refractivity contribution in [1.82, 2.24) is 0 Å². The standard InChI is InChI=1S/C17H19BrO2/c1-13-5-3-6-16(17(13)20-12-4-11-18)14-7-9-15(19-2)10-8-14/h3,5-10H,4,11-12H2,1-2H3. The average molecular weight is 335 g/mol. The second-order valence-corrected chi connectivity index (χ2v) is 5.36. The molecule has 0 spiro atoms. The Morgan fingerprint density at radius 1 is 1.05 bits per heavy atom. The molecule has 2 nitrogen and oxygen atoms in total. The van der Waals surface area contributed by atoms with Crippen molar-refractivity contribution < 1.29 is 9.47 Å². The van der Waals surface area contributed by atoms with Gasteiger partial charge in [0.25, 0.3) is 0 Å². The largest absolute Gasteiger partial charge is 0.497 e. The van der Waals surface area contributed by atoms with E-state index in [1.54, 1.807) is 7.11 Å². The molecule has 0 heterocycles. The van der Waals surface area contributed by atoms with Crippen molar-refractivity contribution in [1.29, 1.82) is 0 Å². The van der Waals surface area contributed by atoms with Gasteiger partial charge in [-0.15, -0.1) is 0 Å². The van der Waals surface area contributed by atoms with Crippen molar-refractivity contribution in [3.05, 3.63) is 48.0 Å². The summed E-state index contributed by atoms with van der Waals surface area (Å²) in [4.78, 5) is 0. The summed E-state index contributed by atoms with van der Waals surface area (Å²) in [6, 6.07) is 14.3. The van der Waals surface area contributed by atoms with Gasteiger partial charge in [-0.3, -0.25) is 0 Å². The van der Waals surface area contributed by atoms with Crippen molar-refractivity contribution >= 4 is 15.9 Å². The first-order valence-corrected chi connectivity index (χ1v) is 7.81. The lowest BCUT2D eigenvalue weighted by molar-refractivity contribution is 0.318. The van der Waals surface area contributed by atoms with E-state index in [-0.39, 0.29) is 0 Å². The van der Waals surface area contributed by atoms with E-state index in [2.05, 4.69) is 53.2 Å². The summed E-state index contributed by atoms with van der Waals surface area (Å²) in [5.41, 5.74) is 3.43. The molecule has 0 aromatic heterocycles. The second-order valence-electron chi connectivity index (χ2n) is 4.57. The highest BCUT2D eigenvalue weighted by Crippen LogP contribution is 2.33. The highest BCUT2D eigenvalue weighted by Gasteiger charge is 2.09. The van der Waals surface area contributed by atoms with Gasteiger partial charge in [-0.05, 0) is 36.6 Å². The van der Waals surface area contributed by atoms with Crippen molar-refractivity contribution in [2.24, 2.45) is 0 Å². The van der Waals surface area contributed by atoms with Crippen LogP contribution in [0.5, 0.6) is 11.5 Å². The molecule has 3 heteroatoms. The number of hydrogen-bond acceptors (Lipinski definition) is 2. The Balaban J connectivity index is 2.31. The van der Waals surface area contributed by atoms with Gasteiger partial charge in [0.2, 0.25) is 0 Å². The SMILES string of the molecule is COc1ccc(-c2cccc(C)c2OCCCBr)cc1. The second kappa shape index (κ2) is 7.34. The minimum Gasteiger partial charge on any atom is -0.497 e. The first-order valence-electron chi connectivity index (χ1n) is 6.69. The van der Waals surface area contributed by atoms with E-state index in [4.69, 9.17) is 9.47 Å². The number of rotatable bonds is 6. The third-order valence-corrected chi connectivity index (χ3v) is 3.70. The van der Waals surface area contributed by atoms with Gasteiger partial charge in [-0.2, -0.15) is 0 Å². The van der Waals surface area contributed by atoms with E-state index < -0.39 is 0 Å². The zero-order valence-corrected chi connectivity index (χ0v) is 13.4. The molecule has 0 aliphatic carbocycles. The molecule has 0 aliphatic rings. The molecule has 0 N–H and O–H groups in total. The minimum atomic E-state index is 0.721. The smallest absolute Gasteiger partial charge is 0.130 e. The van der Waals surface area contributed by atoms with Gasteiger partial charge in [0.15, 0.2) is 0 Å². The van der Waals surface area contributed by atoms with Crippen molar-refractivity contribution in [3.63, 3.8) is 0 Å². The molecule has 106 valence electrons. The first-order chi connectivity index (χ1) is 9.76. The van der Waals surface area contributed by atoms with Crippen LogP contribution in [0.4, 0.5) is 0 Å². The Bertz CT molecular complexity index is 549. The monoisotopic (exact) mass is 334 g/mol. The minimum absolute atomic E-state index is 0.721. The zero-order chi connectivity index (χ0) is 14.4. The maximum atomic E-state index is 5.96. The lowest BCUT2D eigenvalue weighted by Crippen LogP contribution is -2.01. The number of benzene rings is 2. The molecule has 2 rings (SSSR count). The fourth-order valence-corrected chi connectivity index (χ4v) is 2.30. The predicted octanol–water partition coefficient (Wildman–Crippen LogP) is 4.83. The van der Waals surface area contributed by atoms with E-state index in [0.717, 1.165) is 46.5 Å². The summed E-state index contributed by atoms with van der Waals surface area (Å²) in [6.07, 6.45) is 0.996. The van der Waals surface area contributed by atoms with Gasteiger partial charge in [0.1, 0.15) is 11.5 Å². The van der Waals surface area contributed by atoms with Crippen LogP contribution in [0.15, 0.2) is 42.5 Å². The Morgan fingerprint density at radius 2 is 1.80 bits per heavy atom. The van der Waals surface area contributed by atoms with Crippen LogP contribution >= 0.6 is 15.9 Å². The number of para-hydroxylation sites is 1. The molecule has 2 aromatic rings. The molecule has 2 aromatic carbocycles. The number of aryl methyl sites for hydroxylation is 1. The summed E-state index contributed by atoms with van der Waals surface area (Å²) in [5, 5.41) is 0.955. The number of halogens is 1. The van der Waals surface area contributed by atoms with E-state index in [9.17, 15) is 0 Å². The Labute approximate surface area is 128 Å². The average Bonchev–Trinajstić information content (AvgIpc) is 2.49. The van der Waals surface area contributed by atoms with Gasteiger partial charge in [-0.25, -0.2) is 0 Å². The highest BCUT2D eigenvalue weighted by atomic mass is 79.9. The molecule has 0 bridgehead atoms. The first kappa shape index (κ1) is 14.9. The summed E-state index contributed by atoms with van der Waals surface area (Å²) in [6.45, 7) is 2.80. The molecule has 0 radical (unpaired) electrons. The molecule has 0 unspecified atom stereocenters. The molecule has 0 amide bonds. The van der Waals surface area contributed by atoms with Crippen LogP contribution in [0.1, 0.15) is 12.0 Å². The molecule has 0 atom stereocenters. The Morgan fingerprint density at radius 3 is 2.45 bits per heavy atom. The van der Waals surface area contributed by atoms with Crippen molar-refractivity contribution in [2.45, 2.75) is 13.3 Å². The normalized spacial score (nSPS) is 10.3. The third kappa shape index (κ3) is 3.54. The van der Waals surface area contributed by atoms with Gasteiger partial charge in [-0.1, -0.05) is 46.3 Å². The maximum absolute atomic E-state index is 5.96. The number of methoxy groups -OCH3 is 1. The van der Waals surface area contributed by atoms with Crippen LogP contribution in [0.3, 0.4) is 0 Å². The molecular formula is C17H19BrO2. The van der Waals surface area contributed by atoms with Crippen molar-refractivity contribution in [2.75, 3.05) is 19.0 Å². The maximum Gasteiger partial charge on any atom is 0.130 e. The number of ether oxygens (including phenoxy) is 2. The number of alkyl halides is 1. The highest BCUT2D eigenvalue weighted by molar-refractivity contribution is 9.09. The van der Waals surface area contributed by atoms with E-state index in [1.165, 1.54) is 0 Å². The van der Waals surface area contributed by atoms with Crippen LogP contribution in [-0.4, -0.2) is 19.0 Å². The summed E-state index contributed by atoms with van der Waals surface area (Å²) in [7, 11) is 1.68. The lowest BCUT2D eigenvalue weighted by Gasteiger charge is -2.14. The van der Waals surface area contributed by atoms with Crippen LogP contribution in [0, 0.1) is 6.92 Å². The van der Waals surface area contributed by atoms with Gasteiger partial charge in [0, 0.05) is 10.9 Å². The van der Waals surface area contributed by atoms with E-state index in [0.29, 0.717) is 0 Å². The Kier molecular flexibility index (Phi) is 5.48. The summed E-state index contributed by atoms with van der Waals surface area (Å²) in [5.74, 6) is 1.83. The van der Waals surface area contributed by atoms with Gasteiger partial charge < -0.3 is 9.47 Å². The summed E-state index contributed by atoms with van der Waals surface area (Å²) >= 11 is 3.43. The molecule has 0 saturated heterocycles. The third-order valence-electron chi connectivity index (χ3n) is 3.14. The fourth-order valence-electron chi connectivity index (χ4n) is 2.07. The summed E-state index contributed by atoms with van der Waals surface area (Å²) < 4.78 is 11.2. The molecule has 0 aliphatic heterocycles. The number of hydrogen-bond donors (Lipinski definition) is 0. The molecule has 0 fully saturated rings. The molecule has 0 saturated carbocycles. The lowest BCUT2D eigenvalue weighted by atomic mass is 10.0. The van der Waals surface area contributed by atoms with Crippen LogP contribution in [0.2, 0.25) is 0 Å². The van der Waals surface area contributed by atoms with E-state index in [1.807, 2.05) is 12.1 Å². The van der Waals surface area contributed by atoms with E-state index >= 15 is 0 Å². The van der Waals surface area contributed by atoms with Crippen molar-refractivity contribution in [3.8, 4) is 22.6 Å². The van der Waals surface area contributed by atoms with Crippen LogP contribution in [-0.2, 0) is 0 Å². The molecular weight excluding hydrogens is 316 g/mol. The predicted molar refractivity (Wildman–Crippen MR) is 87.1 cm³/mol. The topological polar surface area (TPSA) is 18.5 Å². The Hall–Kier alpha value is -1.48. The molecule has 20 heavy (non-hydrogen) atoms. The quantitative estimate of drug-likeness (QED) is 0.556. The zero-order valence-electron chi connectivity index (χ0n) is 11.9. The van der Waals surface area contributed by atoms with Gasteiger partial charge in [0.05, 0.1) is 13.7 Å². The van der Waals surface area contributed by atoms with Crippen LogP contribution in [0.25, 0.3) is 11.1 Å².